The number of piperidine rings is 1. The first kappa shape index (κ1) is 19.6. The predicted octanol–water partition coefficient (Wildman–Crippen LogP) is 4.80. The summed E-state index contributed by atoms with van der Waals surface area (Å²) in [6.45, 7) is 5.68. The molecule has 0 aliphatic carbocycles. The normalized spacial score (nSPS) is 20.0. The molecular formula is C22H23FN2O3S. The fourth-order valence-electron chi connectivity index (χ4n) is 3.93. The number of hydrogen-bond acceptors (Lipinski definition) is 5. The van der Waals surface area contributed by atoms with E-state index in [0.717, 1.165) is 18.6 Å². The molecule has 1 aliphatic rings. The summed E-state index contributed by atoms with van der Waals surface area (Å²) in [5, 5.41) is -0.121. The van der Waals surface area contributed by atoms with E-state index in [1.165, 1.54) is 12.1 Å². The highest BCUT2D eigenvalue weighted by Gasteiger charge is 2.34. The summed E-state index contributed by atoms with van der Waals surface area (Å²) in [6, 6.07) is 14.0. The molecule has 0 saturated carbocycles. The van der Waals surface area contributed by atoms with Gasteiger partial charge in [0.05, 0.1) is 4.90 Å². The number of halogens is 1. The number of oxazole rings is 1. The maximum absolute atomic E-state index is 13.3. The van der Waals surface area contributed by atoms with Crippen molar-refractivity contribution in [3.8, 4) is 11.5 Å². The SMILES string of the molecule is CC1CC(C)CN(c2oc(-c3ccccc3)nc2S(=O)(=O)c2ccc(F)cc2)C1. The monoisotopic (exact) mass is 414 g/mol. The molecule has 0 amide bonds. The molecule has 1 saturated heterocycles. The van der Waals surface area contributed by atoms with Gasteiger partial charge in [-0.1, -0.05) is 32.0 Å². The van der Waals surface area contributed by atoms with Crippen LogP contribution in [0.1, 0.15) is 20.3 Å². The van der Waals surface area contributed by atoms with Gasteiger partial charge in [0.25, 0.3) is 0 Å². The minimum atomic E-state index is -3.97. The van der Waals surface area contributed by atoms with Gasteiger partial charge in [-0.2, -0.15) is 4.98 Å². The molecule has 2 heterocycles. The average Bonchev–Trinajstić information content (AvgIpc) is 3.15. The second-order valence-electron chi connectivity index (χ2n) is 7.80. The van der Waals surface area contributed by atoms with Crippen LogP contribution in [0.4, 0.5) is 10.3 Å². The zero-order chi connectivity index (χ0) is 20.6. The second-order valence-corrected chi connectivity index (χ2v) is 9.67. The lowest BCUT2D eigenvalue weighted by atomic mass is 9.92. The van der Waals surface area contributed by atoms with Crippen molar-refractivity contribution in [2.45, 2.75) is 30.2 Å². The van der Waals surface area contributed by atoms with Crippen LogP contribution in [0.15, 0.2) is 68.9 Å². The van der Waals surface area contributed by atoms with E-state index >= 15 is 0 Å². The van der Waals surface area contributed by atoms with Crippen LogP contribution in [-0.2, 0) is 9.84 Å². The van der Waals surface area contributed by atoms with Crippen LogP contribution < -0.4 is 4.90 Å². The second kappa shape index (κ2) is 7.63. The molecule has 0 N–H and O–H groups in total. The molecule has 0 spiro atoms. The molecule has 29 heavy (non-hydrogen) atoms. The van der Waals surface area contributed by atoms with Crippen molar-refractivity contribution in [1.82, 2.24) is 4.98 Å². The molecule has 2 aromatic carbocycles. The van der Waals surface area contributed by atoms with E-state index in [0.29, 0.717) is 30.5 Å². The zero-order valence-electron chi connectivity index (χ0n) is 16.4. The van der Waals surface area contributed by atoms with Gasteiger partial charge in [0, 0.05) is 18.7 Å². The Morgan fingerprint density at radius 1 is 1.00 bits per heavy atom. The van der Waals surface area contributed by atoms with E-state index in [9.17, 15) is 12.8 Å². The van der Waals surface area contributed by atoms with Gasteiger partial charge < -0.3 is 9.32 Å². The quantitative estimate of drug-likeness (QED) is 0.574. The largest absolute Gasteiger partial charge is 0.419 e. The number of aromatic nitrogens is 1. The van der Waals surface area contributed by atoms with Crippen molar-refractivity contribution in [3.05, 3.63) is 60.4 Å². The van der Waals surface area contributed by atoms with E-state index in [2.05, 4.69) is 18.8 Å². The molecule has 1 aromatic heterocycles. The van der Waals surface area contributed by atoms with Crippen LogP contribution in [0, 0.1) is 17.7 Å². The summed E-state index contributed by atoms with van der Waals surface area (Å²) in [4.78, 5) is 6.34. The van der Waals surface area contributed by atoms with Crippen molar-refractivity contribution in [2.75, 3.05) is 18.0 Å². The fraction of sp³-hybridized carbons (Fsp3) is 0.318. The Morgan fingerprint density at radius 2 is 1.62 bits per heavy atom. The average molecular weight is 415 g/mol. The molecule has 1 fully saturated rings. The Bertz CT molecular complexity index is 1080. The Kier molecular flexibility index (Phi) is 5.17. The van der Waals surface area contributed by atoms with Crippen molar-refractivity contribution < 1.29 is 17.2 Å². The molecule has 0 bridgehead atoms. The highest BCUT2D eigenvalue weighted by molar-refractivity contribution is 7.91. The van der Waals surface area contributed by atoms with Gasteiger partial charge in [0.1, 0.15) is 5.82 Å². The number of nitrogens with zero attached hydrogens (tertiary/aromatic N) is 2. The summed E-state index contributed by atoms with van der Waals surface area (Å²) in [5.74, 6) is 0.836. The Hall–Kier alpha value is -2.67. The van der Waals surface area contributed by atoms with Gasteiger partial charge in [-0.15, -0.1) is 0 Å². The molecule has 0 radical (unpaired) electrons. The summed E-state index contributed by atoms with van der Waals surface area (Å²) in [5.41, 5.74) is 0.701. The maximum Gasteiger partial charge on any atom is 0.236 e. The fourth-order valence-corrected chi connectivity index (χ4v) is 5.25. The molecule has 5 nitrogen and oxygen atoms in total. The maximum atomic E-state index is 13.3. The number of benzene rings is 2. The van der Waals surface area contributed by atoms with Crippen LogP contribution in [0.2, 0.25) is 0 Å². The third kappa shape index (κ3) is 3.92. The van der Waals surface area contributed by atoms with Gasteiger partial charge in [0.15, 0.2) is 0 Å². The summed E-state index contributed by atoms with van der Waals surface area (Å²) >= 11 is 0. The van der Waals surface area contributed by atoms with E-state index in [4.69, 9.17) is 4.42 Å². The van der Waals surface area contributed by atoms with E-state index in [-0.39, 0.29) is 21.7 Å². The highest BCUT2D eigenvalue weighted by atomic mass is 32.2. The Morgan fingerprint density at radius 3 is 2.24 bits per heavy atom. The first-order valence-corrected chi connectivity index (χ1v) is 11.1. The molecule has 4 rings (SSSR count). The Labute approximate surface area is 170 Å². The third-order valence-electron chi connectivity index (χ3n) is 5.13. The first-order chi connectivity index (χ1) is 13.8. The minimum absolute atomic E-state index is 0.00818. The van der Waals surface area contributed by atoms with Crippen molar-refractivity contribution in [3.63, 3.8) is 0 Å². The lowest BCUT2D eigenvalue weighted by Crippen LogP contribution is -2.39. The summed E-state index contributed by atoms with van der Waals surface area (Å²) in [6.07, 6.45) is 1.08. The van der Waals surface area contributed by atoms with Crippen LogP contribution in [0.5, 0.6) is 0 Å². The van der Waals surface area contributed by atoms with Crippen molar-refractivity contribution in [2.24, 2.45) is 11.8 Å². The Balaban J connectivity index is 1.85. The minimum Gasteiger partial charge on any atom is -0.419 e. The van der Waals surface area contributed by atoms with Crippen molar-refractivity contribution in [1.29, 1.82) is 0 Å². The third-order valence-corrected chi connectivity index (χ3v) is 6.80. The van der Waals surface area contributed by atoms with E-state index in [1.807, 2.05) is 35.2 Å². The van der Waals surface area contributed by atoms with Gasteiger partial charge >= 0.3 is 0 Å². The van der Waals surface area contributed by atoms with Gasteiger partial charge in [-0.05, 0) is 54.7 Å². The molecule has 3 aromatic rings. The molecule has 1 aliphatic heterocycles. The van der Waals surface area contributed by atoms with Crippen LogP contribution in [-0.4, -0.2) is 26.5 Å². The predicted molar refractivity (Wildman–Crippen MR) is 109 cm³/mol. The zero-order valence-corrected chi connectivity index (χ0v) is 17.2. The molecule has 2 unspecified atom stereocenters. The van der Waals surface area contributed by atoms with Gasteiger partial charge in [-0.25, -0.2) is 12.8 Å². The first-order valence-electron chi connectivity index (χ1n) is 9.66. The lowest BCUT2D eigenvalue weighted by Gasteiger charge is -2.34. The summed E-state index contributed by atoms with van der Waals surface area (Å²) in [7, 11) is -3.97. The molecule has 2 atom stereocenters. The number of hydrogen-bond donors (Lipinski definition) is 0. The standard InChI is InChI=1S/C22H23FN2O3S/c1-15-12-16(2)14-25(13-15)22-21(24-20(28-22)17-6-4-3-5-7-17)29(26,27)19-10-8-18(23)9-11-19/h3-11,15-16H,12-14H2,1-2H3. The van der Waals surface area contributed by atoms with E-state index < -0.39 is 15.7 Å². The molecular weight excluding hydrogens is 391 g/mol. The highest BCUT2D eigenvalue weighted by Crippen LogP contribution is 2.37. The van der Waals surface area contributed by atoms with Crippen LogP contribution in [0.3, 0.4) is 0 Å². The topological polar surface area (TPSA) is 63.4 Å². The van der Waals surface area contributed by atoms with E-state index in [1.54, 1.807) is 0 Å². The van der Waals surface area contributed by atoms with Crippen LogP contribution >= 0.6 is 0 Å². The smallest absolute Gasteiger partial charge is 0.236 e. The van der Waals surface area contributed by atoms with Gasteiger partial charge in [-0.3, -0.25) is 0 Å². The molecule has 152 valence electrons. The number of rotatable bonds is 4. The number of sulfone groups is 1. The lowest BCUT2D eigenvalue weighted by molar-refractivity contribution is 0.342. The van der Waals surface area contributed by atoms with Crippen LogP contribution in [0.25, 0.3) is 11.5 Å². The van der Waals surface area contributed by atoms with Crippen molar-refractivity contribution >= 4 is 15.7 Å². The van der Waals surface area contributed by atoms with Gasteiger partial charge in [0.2, 0.25) is 26.6 Å². The number of anilines is 1. The molecule has 7 heteroatoms. The summed E-state index contributed by atoms with van der Waals surface area (Å²) < 4.78 is 46.0.